The quantitative estimate of drug-likeness (QED) is 0.735. The van der Waals surface area contributed by atoms with E-state index < -0.39 is 0 Å². The number of nitrogens with zero attached hydrogens (tertiary/aromatic N) is 2. The normalized spacial score (nSPS) is 20.9. The Bertz CT molecular complexity index is 378. The second kappa shape index (κ2) is 3.34. The molecule has 15 heavy (non-hydrogen) atoms. The molecular formula is C10H12N2O3. The molecule has 0 radical (unpaired) electrons. The van der Waals surface area contributed by atoms with Gasteiger partial charge in [0.25, 0.3) is 5.91 Å². The number of hydrogen-bond donors (Lipinski definition) is 0. The largest absolute Gasteiger partial charge is 0.360 e. The molecule has 5 heteroatoms. The summed E-state index contributed by atoms with van der Waals surface area (Å²) in [5.74, 6) is 1.12. The molecule has 1 aromatic heterocycles. The molecule has 0 N–H and O–H groups in total. The Morgan fingerprint density at radius 2 is 2.40 bits per heavy atom. The average Bonchev–Trinajstić information content (AvgIpc) is 2.83. The third kappa shape index (κ3) is 1.63. The van der Waals surface area contributed by atoms with Crippen LogP contribution >= 0.6 is 0 Å². The van der Waals surface area contributed by atoms with Crippen LogP contribution in [0.3, 0.4) is 0 Å². The fourth-order valence-corrected chi connectivity index (χ4v) is 1.69. The molecular weight excluding hydrogens is 196 g/mol. The van der Waals surface area contributed by atoms with Crippen LogP contribution in [-0.4, -0.2) is 29.3 Å². The number of amides is 1. The molecule has 80 valence electrons. The van der Waals surface area contributed by atoms with Gasteiger partial charge in [0.2, 0.25) is 0 Å². The lowest BCUT2D eigenvalue weighted by molar-refractivity contribution is -0.0773. The average molecular weight is 208 g/mol. The number of hydroxylamine groups is 2. The van der Waals surface area contributed by atoms with Crippen LogP contribution in [0.5, 0.6) is 0 Å². The first-order chi connectivity index (χ1) is 7.34. The molecule has 1 amide bonds. The molecule has 1 aromatic rings. The van der Waals surface area contributed by atoms with Gasteiger partial charge in [0, 0.05) is 12.0 Å². The van der Waals surface area contributed by atoms with E-state index in [9.17, 15) is 4.79 Å². The number of hydrogen-bond acceptors (Lipinski definition) is 4. The minimum absolute atomic E-state index is 0.192. The Morgan fingerprint density at radius 1 is 1.53 bits per heavy atom. The van der Waals surface area contributed by atoms with E-state index in [1.54, 1.807) is 6.07 Å². The lowest BCUT2D eigenvalue weighted by atomic mass is 10.3. The van der Waals surface area contributed by atoms with Gasteiger partial charge in [-0.05, 0) is 19.3 Å². The summed E-state index contributed by atoms with van der Waals surface area (Å²) in [6.45, 7) is 1.25. The van der Waals surface area contributed by atoms with Crippen LogP contribution in [0.25, 0.3) is 0 Å². The summed E-state index contributed by atoms with van der Waals surface area (Å²) >= 11 is 0. The van der Waals surface area contributed by atoms with Gasteiger partial charge in [0.1, 0.15) is 5.76 Å². The van der Waals surface area contributed by atoms with E-state index in [0.717, 1.165) is 25.0 Å². The van der Waals surface area contributed by atoms with Gasteiger partial charge in [0.05, 0.1) is 13.2 Å². The highest BCUT2D eigenvalue weighted by molar-refractivity contribution is 5.91. The van der Waals surface area contributed by atoms with Crippen LogP contribution in [0.2, 0.25) is 0 Å². The van der Waals surface area contributed by atoms with E-state index in [0.29, 0.717) is 24.8 Å². The van der Waals surface area contributed by atoms with Crippen LogP contribution in [0, 0.1) is 0 Å². The number of rotatable bonds is 2. The van der Waals surface area contributed by atoms with E-state index in [1.807, 2.05) is 0 Å². The highest BCUT2D eigenvalue weighted by atomic mass is 16.7. The van der Waals surface area contributed by atoms with Gasteiger partial charge < -0.3 is 4.52 Å². The molecule has 0 bridgehead atoms. The number of aromatic nitrogens is 1. The van der Waals surface area contributed by atoms with Crippen molar-refractivity contribution in [1.82, 2.24) is 10.2 Å². The zero-order valence-electron chi connectivity index (χ0n) is 8.31. The Hall–Kier alpha value is -1.36. The van der Waals surface area contributed by atoms with Crippen LogP contribution in [0.1, 0.15) is 41.4 Å². The number of carbonyl (C=O) groups is 1. The van der Waals surface area contributed by atoms with Gasteiger partial charge >= 0.3 is 0 Å². The summed E-state index contributed by atoms with van der Waals surface area (Å²) in [6.07, 6.45) is 3.17. The van der Waals surface area contributed by atoms with E-state index in [2.05, 4.69) is 5.16 Å². The van der Waals surface area contributed by atoms with E-state index in [-0.39, 0.29) is 5.91 Å². The summed E-state index contributed by atoms with van der Waals surface area (Å²) in [4.78, 5) is 16.9. The van der Waals surface area contributed by atoms with Gasteiger partial charge in [-0.15, -0.1) is 0 Å². The molecule has 2 heterocycles. The lowest BCUT2D eigenvalue weighted by Crippen LogP contribution is -2.26. The third-order valence-electron chi connectivity index (χ3n) is 2.71. The Balaban J connectivity index is 1.75. The second-order valence-corrected chi connectivity index (χ2v) is 3.98. The first-order valence-corrected chi connectivity index (χ1v) is 5.26. The molecule has 5 nitrogen and oxygen atoms in total. The van der Waals surface area contributed by atoms with Crippen molar-refractivity contribution in [3.05, 3.63) is 17.5 Å². The lowest BCUT2D eigenvalue weighted by Gasteiger charge is -2.10. The molecule has 3 rings (SSSR count). The molecule has 1 saturated heterocycles. The molecule has 0 spiro atoms. The summed E-state index contributed by atoms with van der Waals surface area (Å²) in [7, 11) is 0. The van der Waals surface area contributed by atoms with E-state index in [1.165, 1.54) is 5.06 Å². The van der Waals surface area contributed by atoms with Crippen LogP contribution in [-0.2, 0) is 4.84 Å². The molecule has 1 aliphatic heterocycles. The van der Waals surface area contributed by atoms with Crippen molar-refractivity contribution in [2.24, 2.45) is 0 Å². The first kappa shape index (κ1) is 8.91. The predicted octanol–water partition coefficient (Wildman–Crippen LogP) is 1.33. The first-order valence-electron chi connectivity index (χ1n) is 5.26. The topological polar surface area (TPSA) is 55.6 Å². The Labute approximate surface area is 86.9 Å². The van der Waals surface area contributed by atoms with E-state index in [4.69, 9.17) is 9.36 Å². The molecule has 2 aliphatic rings. The van der Waals surface area contributed by atoms with Crippen LogP contribution < -0.4 is 0 Å². The highest BCUT2D eigenvalue weighted by Crippen LogP contribution is 2.40. The fraction of sp³-hybridized carbons (Fsp3) is 0.600. The minimum Gasteiger partial charge on any atom is -0.360 e. The molecule has 2 fully saturated rings. The summed E-state index contributed by atoms with van der Waals surface area (Å²) in [5.41, 5.74) is 0.360. The highest BCUT2D eigenvalue weighted by Gasteiger charge is 2.30. The molecule has 1 aliphatic carbocycles. The molecule has 0 atom stereocenters. The van der Waals surface area contributed by atoms with Crippen molar-refractivity contribution in [2.75, 3.05) is 13.2 Å². The van der Waals surface area contributed by atoms with Gasteiger partial charge in [-0.2, -0.15) is 0 Å². The molecule has 0 aromatic carbocycles. The van der Waals surface area contributed by atoms with Gasteiger partial charge in [-0.25, -0.2) is 5.06 Å². The zero-order valence-corrected chi connectivity index (χ0v) is 8.31. The SMILES string of the molecule is O=C(c1cc(C2CC2)on1)N1CCCO1. The van der Waals surface area contributed by atoms with Crippen molar-refractivity contribution in [3.63, 3.8) is 0 Å². The minimum atomic E-state index is -0.192. The van der Waals surface area contributed by atoms with Gasteiger partial charge in [-0.1, -0.05) is 5.16 Å². The van der Waals surface area contributed by atoms with Crippen molar-refractivity contribution >= 4 is 5.91 Å². The summed E-state index contributed by atoms with van der Waals surface area (Å²) in [5, 5.41) is 5.13. The maximum Gasteiger partial charge on any atom is 0.299 e. The van der Waals surface area contributed by atoms with Crippen molar-refractivity contribution in [1.29, 1.82) is 0 Å². The van der Waals surface area contributed by atoms with E-state index >= 15 is 0 Å². The summed E-state index contributed by atoms with van der Waals surface area (Å²) in [6, 6.07) is 1.74. The van der Waals surface area contributed by atoms with Crippen LogP contribution in [0.15, 0.2) is 10.6 Å². The zero-order chi connectivity index (χ0) is 10.3. The smallest absolute Gasteiger partial charge is 0.299 e. The number of carbonyl (C=O) groups excluding carboxylic acids is 1. The maximum atomic E-state index is 11.8. The maximum absolute atomic E-state index is 11.8. The van der Waals surface area contributed by atoms with Crippen molar-refractivity contribution in [2.45, 2.75) is 25.2 Å². The van der Waals surface area contributed by atoms with Gasteiger partial charge in [-0.3, -0.25) is 9.63 Å². The predicted molar refractivity (Wildman–Crippen MR) is 50.1 cm³/mol. The Morgan fingerprint density at radius 3 is 3.07 bits per heavy atom. The Kier molecular flexibility index (Phi) is 1.98. The van der Waals surface area contributed by atoms with Crippen molar-refractivity contribution in [3.8, 4) is 0 Å². The van der Waals surface area contributed by atoms with Crippen molar-refractivity contribution < 1.29 is 14.2 Å². The fourth-order valence-electron chi connectivity index (χ4n) is 1.69. The second-order valence-electron chi connectivity index (χ2n) is 3.98. The molecule has 1 saturated carbocycles. The third-order valence-corrected chi connectivity index (χ3v) is 2.71. The molecule has 0 unspecified atom stereocenters. The standard InChI is InChI=1S/C10H12N2O3/c13-10(12-4-1-5-14-12)8-6-9(15-11-8)7-2-3-7/h6-7H,1-5H2. The monoisotopic (exact) mass is 208 g/mol. The van der Waals surface area contributed by atoms with Crippen LogP contribution in [0.4, 0.5) is 0 Å². The van der Waals surface area contributed by atoms with Gasteiger partial charge in [0.15, 0.2) is 5.69 Å². The summed E-state index contributed by atoms with van der Waals surface area (Å²) < 4.78 is 5.12.